The number of hydrogen-bond acceptors (Lipinski definition) is 3. The van der Waals surface area contributed by atoms with Gasteiger partial charge in [0.2, 0.25) is 0 Å². The van der Waals surface area contributed by atoms with E-state index < -0.39 is 6.10 Å². The average molecular weight is 325 g/mol. The molecule has 3 N–H and O–H groups in total. The molecule has 1 heterocycles. The van der Waals surface area contributed by atoms with Crippen LogP contribution in [-0.4, -0.2) is 16.6 Å². The molecule has 0 aliphatic rings. The van der Waals surface area contributed by atoms with Gasteiger partial charge in [0, 0.05) is 17.0 Å². The Kier molecular flexibility index (Phi) is 4.72. The van der Waals surface area contributed by atoms with Gasteiger partial charge < -0.3 is 10.8 Å². The van der Waals surface area contributed by atoms with Gasteiger partial charge in [-0.05, 0) is 41.5 Å². The van der Waals surface area contributed by atoms with Crippen LogP contribution in [0.25, 0.3) is 23.1 Å². The summed E-state index contributed by atoms with van der Waals surface area (Å²) in [6.07, 6.45) is 3.27. The average Bonchev–Trinajstić information content (AvgIpc) is 2.59. The number of hydrogen-bond donors (Lipinski definition) is 2. The number of halogens is 1. The molecule has 3 nitrogen and oxygen atoms in total. The number of aliphatic hydroxyl groups is 1. The van der Waals surface area contributed by atoms with Crippen LogP contribution in [0.1, 0.15) is 22.9 Å². The second-order valence-electron chi connectivity index (χ2n) is 5.33. The molecule has 0 aliphatic carbocycles. The normalized spacial score (nSPS) is 12.8. The summed E-state index contributed by atoms with van der Waals surface area (Å²) in [7, 11) is 0. The number of nitrogens with two attached hydrogens (primary N) is 1. The Labute approximate surface area is 140 Å². The number of nitrogens with zero attached hydrogens (tertiary/aromatic N) is 1. The van der Waals surface area contributed by atoms with E-state index in [1.54, 1.807) is 0 Å². The predicted octanol–water partition coefficient (Wildman–Crippen LogP) is 4.05. The van der Waals surface area contributed by atoms with Crippen LogP contribution in [0.5, 0.6) is 0 Å². The van der Waals surface area contributed by atoms with E-state index in [-0.39, 0.29) is 6.54 Å². The highest BCUT2D eigenvalue weighted by Gasteiger charge is 2.04. The van der Waals surface area contributed by atoms with Crippen molar-refractivity contribution in [2.24, 2.45) is 5.73 Å². The Balaban J connectivity index is 1.87. The first-order valence-corrected chi connectivity index (χ1v) is 7.76. The lowest BCUT2D eigenvalue weighted by Gasteiger charge is -2.08. The molecule has 23 heavy (non-hydrogen) atoms. The number of benzene rings is 2. The Morgan fingerprint density at radius 3 is 2.74 bits per heavy atom. The predicted molar refractivity (Wildman–Crippen MR) is 96.1 cm³/mol. The second-order valence-corrected chi connectivity index (χ2v) is 5.76. The minimum absolute atomic E-state index is 0.208. The number of rotatable bonds is 4. The Hall–Kier alpha value is -2.20. The molecule has 1 unspecified atom stereocenters. The van der Waals surface area contributed by atoms with Crippen molar-refractivity contribution < 1.29 is 5.11 Å². The van der Waals surface area contributed by atoms with Crippen LogP contribution < -0.4 is 5.73 Å². The highest BCUT2D eigenvalue weighted by atomic mass is 35.5. The number of aromatic nitrogens is 1. The molecule has 0 fully saturated rings. The quantitative estimate of drug-likeness (QED) is 0.761. The first kappa shape index (κ1) is 15.7. The molecule has 1 atom stereocenters. The summed E-state index contributed by atoms with van der Waals surface area (Å²) in [5, 5.41) is 11.5. The molecule has 0 spiro atoms. The maximum atomic E-state index is 9.81. The summed E-state index contributed by atoms with van der Waals surface area (Å²) in [4.78, 5) is 4.58. The zero-order chi connectivity index (χ0) is 16.2. The molecule has 0 bridgehead atoms. The highest BCUT2D eigenvalue weighted by molar-refractivity contribution is 6.31. The van der Waals surface area contributed by atoms with Gasteiger partial charge in [-0.2, -0.15) is 0 Å². The molecule has 2 aromatic carbocycles. The fourth-order valence-electron chi connectivity index (χ4n) is 2.39. The summed E-state index contributed by atoms with van der Waals surface area (Å²) in [6, 6.07) is 17.3. The molecule has 0 aliphatic heterocycles. The van der Waals surface area contributed by atoms with E-state index in [1.807, 2.05) is 66.7 Å². The number of pyridine rings is 1. The molecular weight excluding hydrogens is 308 g/mol. The standard InChI is InChI=1S/C19H17ClN2O/c20-16-7-5-14-6-9-17(22-18(14)11-16)8-4-13-2-1-3-15(10-13)19(23)12-21/h1-11,19,23H,12,21H2/b8-4+. The third kappa shape index (κ3) is 3.77. The van der Waals surface area contributed by atoms with Gasteiger partial charge in [-0.25, -0.2) is 4.98 Å². The summed E-state index contributed by atoms with van der Waals surface area (Å²) < 4.78 is 0. The molecule has 0 saturated carbocycles. The van der Waals surface area contributed by atoms with Crippen molar-refractivity contribution in [3.05, 3.63) is 76.4 Å². The Morgan fingerprint density at radius 1 is 1.09 bits per heavy atom. The maximum absolute atomic E-state index is 9.81. The Bertz CT molecular complexity index is 861. The third-order valence-corrected chi connectivity index (χ3v) is 3.88. The SMILES string of the molecule is NCC(O)c1cccc(/C=C/c2ccc3ccc(Cl)cc3n2)c1. The first-order chi connectivity index (χ1) is 11.2. The molecule has 1 aromatic heterocycles. The lowest BCUT2D eigenvalue weighted by atomic mass is 10.1. The first-order valence-electron chi connectivity index (χ1n) is 7.38. The molecule has 3 aromatic rings. The van der Waals surface area contributed by atoms with Crippen LogP contribution in [0.3, 0.4) is 0 Å². The van der Waals surface area contributed by atoms with Crippen molar-refractivity contribution in [2.75, 3.05) is 6.54 Å². The van der Waals surface area contributed by atoms with Gasteiger partial charge in [0.25, 0.3) is 0 Å². The van der Waals surface area contributed by atoms with Gasteiger partial charge in [0.05, 0.1) is 17.3 Å². The largest absolute Gasteiger partial charge is 0.387 e. The van der Waals surface area contributed by atoms with Crippen LogP contribution in [-0.2, 0) is 0 Å². The highest BCUT2D eigenvalue weighted by Crippen LogP contribution is 2.19. The van der Waals surface area contributed by atoms with Gasteiger partial charge in [0.15, 0.2) is 0 Å². The molecule has 0 radical (unpaired) electrons. The second kappa shape index (κ2) is 6.92. The van der Waals surface area contributed by atoms with Crippen molar-refractivity contribution in [2.45, 2.75) is 6.10 Å². The van der Waals surface area contributed by atoms with Crippen molar-refractivity contribution in [3.8, 4) is 0 Å². The fraction of sp³-hybridized carbons (Fsp3) is 0.105. The number of fused-ring (bicyclic) bond motifs is 1. The molecule has 116 valence electrons. The third-order valence-electron chi connectivity index (χ3n) is 3.64. The Morgan fingerprint density at radius 2 is 1.91 bits per heavy atom. The topological polar surface area (TPSA) is 59.1 Å². The van der Waals surface area contributed by atoms with Crippen LogP contribution in [0.4, 0.5) is 0 Å². The minimum atomic E-state index is -0.635. The zero-order valence-electron chi connectivity index (χ0n) is 12.5. The van der Waals surface area contributed by atoms with E-state index in [4.69, 9.17) is 17.3 Å². The molecule has 3 rings (SSSR count). The minimum Gasteiger partial charge on any atom is -0.387 e. The van der Waals surface area contributed by atoms with Gasteiger partial charge in [-0.1, -0.05) is 48.0 Å². The lowest BCUT2D eigenvalue weighted by Crippen LogP contribution is -2.11. The van der Waals surface area contributed by atoms with E-state index in [9.17, 15) is 5.11 Å². The molecule has 0 amide bonds. The van der Waals surface area contributed by atoms with E-state index in [2.05, 4.69) is 4.98 Å². The van der Waals surface area contributed by atoms with Crippen LogP contribution in [0.2, 0.25) is 5.02 Å². The van der Waals surface area contributed by atoms with E-state index in [0.29, 0.717) is 5.02 Å². The van der Waals surface area contributed by atoms with Gasteiger partial charge in [-0.3, -0.25) is 0 Å². The summed E-state index contributed by atoms with van der Waals surface area (Å²) in [5.41, 5.74) is 9.02. The maximum Gasteiger partial charge on any atom is 0.0912 e. The lowest BCUT2D eigenvalue weighted by molar-refractivity contribution is 0.186. The smallest absolute Gasteiger partial charge is 0.0912 e. The monoisotopic (exact) mass is 324 g/mol. The van der Waals surface area contributed by atoms with Gasteiger partial charge in [-0.15, -0.1) is 0 Å². The van der Waals surface area contributed by atoms with Gasteiger partial charge >= 0.3 is 0 Å². The zero-order valence-corrected chi connectivity index (χ0v) is 13.2. The molecule has 4 heteroatoms. The fourth-order valence-corrected chi connectivity index (χ4v) is 2.55. The van der Waals surface area contributed by atoms with E-state index >= 15 is 0 Å². The van der Waals surface area contributed by atoms with Gasteiger partial charge in [0.1, 0.15) is 0 Å². The van der Waals surface area contributed by atoms with Crippen molar-refractivity contribution in [1.29, 1.82) is 0 Å². The summed E-state index contributed by atoms with van der Waals surface area (Å²) in [5.74, 6) is 0. The van der Waals surface area contributed by atoms with Crippen LogP contribution in [0.15, 0.2) is 54.6 Å². The molecule has 0 saturated heterocycles. The summed E-state index contributed by atoms with van der Waals surface area (Å²) >= 11 is 6.01. The van der Waals surface area contributed by atoms with Crippen molar-refractivity contribution >= 4 is 34.7 Å². The van der Waals surface area contributed by atoms with Crippen LogP contribution in [0, 0.1) is 0 Å². The summed E-state index contributed by atoms with van der Waals surface area (Å²) in [6.45, 7) is 0.208. The van der Waals surface area contributed by atoms with E-state index in [1.165, 1.54) is 0 Å². The van der Waals surface area contributed by atoms with Crippen LogP contribution >= 0.6 is 11.6 Å². The van der Waals surface area contributed by atoms with E-state index in [0.717, 1.165) is 27.7 Å². The van der Waals surface area contributed by atoms with Crippen molar-refractivity contribution in [1.82, 2.24) is 4.98 Å². The number of aliphatic hydroxyl groups excluding tert-OH is 1. The molecular formula is C19H17ClN2O. The van der Waals surface area contributed by atoms with Crippen molar-refractivity contribution in [3.63, 3.8) is 0 Å².